The second-order valence-electron chi connectivity index (χ2n) is 4.29. The number of nitrogens with zero attached hydrogens (tertiary/aromatic N) is 4. The molecule has 5 nitrogen and oxygen atoms in total. The highest BCUT2D eigenvalue weighted by atomic mass is 15.3. The predicted molar refractivity (Wildman–Crippen MR) is 61.9 cm³/mol. The van der Waals surface area contributed by atoms with E-state index in [2.05, 4.69) is 15.1 Å². The van der Waals surface area contributed by atoms with Gasteiger partial charge in [0.05, 0.1) is 6.54 Å². The molecule has 5 heteroatoms. The summed E-state index contributed by atoms with van der Waals surface area (Å²) in [5.74, 6) is 0.976. The van der Waals surface area contributed by atoms with Gasteiger partial charge in [-0.3, -0.25) is 9.30 Å². The van der Waals surface area contributed by atoms with E-state index in [1.54, 1.807) is 0 Å². The van der Waals surface area contributed by atoms with E-state index in [0.717, 1.165) is 36.8 Å². The van der Waals surface area contributed by atoms with E-state index in [9.17, 15) is 0 Å². The average Bonchev–Trinajstić information content (AvgIpc) is 2.90. The average molecular weight is 217 g/mol. The number of anilines is 1. The molecule has 0 bridgehead atoms. The minimum absolute atomic E-state index is 0.745. The van der Waals surface area contributed by atoms with Gasteiger partial charge in [-0.15, -0.1) is 10.2 Å². The lowest BCUT2D eigenvalue weighted by Crippen LogP contribution is -2.20. The summed E-state index contributed by atoms with van der Waals surface area (Å²) in [7, 11) is 0. The van der Waals surface area contributed by atoms with Crippen LogP contribution < -0.4 is 5.73 Å². The van der Waals surface area contributed by atoms with Crippen LogP contribution >= 0.6 is 0 Å². The Labute approximate surface area is 93.9 Å². The van der Waals surface area contributed by atoms with Gasteiger partial charge >= 0.3 is 0 Å². The normalized spacial score (nSPS) is 17.2. The van der Waals surface area contributed by atoms with Gasteiger partial charge in [-0.2, -0.15) is 0 Å². The van der Waals surface area contributed by atoms with Gasteiger partial charge in [0.25, 0.3) is 0 Å². The third-order valence-corrected chi connectivity index (χ3v) is 3.06. The standard InChI is InChI=1S/C11H15N5/c12-9-3-4-10-13-14-11(16(10)7-9)8-15-5-1-2-6-15/h3-4,7H,1-2,5-6,8,12H2. The van der Waals surface area contributed by atoms with Crippen molar-refractivity contribution in [3.05, 3.63) is 24.2 Å². The van der Waals surface area contributed by atoms with E-state index < -0.39 is 0 Å². The van der Waals surface area contributed by atoms with E-state index >= 15 is 0 Å². The van der Waals surface area contributed by atoms with Gasteiger partial charge in [-0.1, -0.05) is 0 Å². The number of fused-ring (bicyclic) bond motifs is 1. The summed E-state index contributed by atoms with van der Waals surface area (Å²) >= 11 is 0. The SMILES string of the molecule is Nc1ccc2nnc(CN3CCCC3)n2c1. The second-order valence-corrected chi connectivity index (χ2v) is 4.29. The molecule has 84 valence electrons. The zero-order chi connectivity index (χ0) is 11.0. The van der Waals surface area contributed by atoms with Crippen LogP contribution in [0.3, 0.4) is 0 Å². The Kier molecular flexibility index (Phi) is 2.25. The van der Waals surface area contributed by atoms with Crippen LogP contribution in [0.2, 0.25) is 0 Å². The highest BCUT2D eigenvalue weighted by Crippen LogP contribution is 2.13. The Hall–Kier alpha value is -1.62. The first-order chi connectivity index (χ1) is 7.83. The molecule has 0 saturated carbocycles. The van der Waals surface area contributed by atoms with Crippen molar-refractivity contribution in [1.29, 1.82) is 0 Å². The van der Waals surface area contributed by atoms with E-state index in [-0.39, 0.29) is 0 Å². The number of rotatable bonds is 2. The van der Waals surface area contributed by atoms with Gasteiger partial charge in [0, 0.05) is 11.9 Å². The molecule has 16 heavy (non-hydrogen) atoms. The molecule has 0 atom stereocenters. The van der Waals surface area contributed by atoms with Crippen molar-refractivity contribution in [2.45, 2.75) is 19.4 Å². The molecule has 3 heterocycles. The van der Waals surface area contributed by atoms with Crippen molar-refractivity contribution in [3.8, 4) is 0 Å². The molecule has 1 saturated heterocycles. The molecule has 0 amide bonds. The fourth-order valence-electron chi connectivity index (χ4n) is 2.20. The third kappa shape index (κ3) is 1.63. The molecule has 2 aromatic heterocycles. The highest BCUT2D eigenvalue weighted by molar-refractivity contribution is 5.47. The maximum atomic E-state index is 5.77. The van der Waals surface area contributed by atoms with Gasteiger partial charge in [-0.05, 0) is 38.1 Å². The monoisotopic (exact) mass is 217 g/mol. The first kappa shape index (κ1) is 9.59. The lowest BCUT2D eigenvalue weighted by atomic mass is 10.4. The number of likely N-dealkylation sites (tertiary alicyclic amines) is 1. The Morgan fingerprint density at radius 3 is 2.81 bits per heavy atom. The summed E-state index contributed by atoms with van der Waals surface area (Å²) in [6, 6.07) is 3.75. The number of hydrogen-bond acceptors (Lipinski definition) is 4. The van der Waals surface area contributed by atoms with Crippen molar-refractivity contribution in [2.75, 3.05) is 18.8 Å². The van der Waals surface area contributed by atoms with Crippen molar-refractivity contribution in [3.63, 3.8) is 0 Å². The highest BCUT2D eigenvalue weighted by Gasteiger charge is 2.15. The number of hydrogen-bond donors (Lipinski definition) is 1. The first-order valence-corrected chi connectivity index (χ1v) is 5.64. The molecule has 2 aromatic rings. The summed E-state index contributed by atoms with van der Waals surface area (Å²) in [5, 5.41) is 8.35. The van der Waals surface area contributed by atoms with E-state index in [4.69, 9.17) is 5.73 Å². The lowest BCUT2D eigenvalue weighted by molar-refractivity contribution is 0.321. The summed E-state index contributed by atoms with van der Waals surface area (Å²) < 4.78 is 1.98. The van der Waals surface area contributed by atoms with Crippen LogP contribution in [0, 0.1) is 0 Å². The first-order valence-electron chi connectivity index (χ1n) is 5.64. The van der Waals surface area contributed by atoms with Crippen molar-refractivity contribution in [1.82, 2.24) is 19.5 Å². The lowest BCUT2D eigenvalue weighted by Gasteiger charge is -2.12. The van der Waals surface area contributed by atoms with Crippen LogP contribution in [0.15, 0.2) is 18.3 Å². The number of nitrogen functional groups attached to an aromatic ring is 1. The summed E-state index contributed by atoms with van der Waals surface area (Å²) in [4.78, 5) is 2.40. The summed E-state index contributed by atoms with van der Waals surface area (Å²) in [5.41, 5.74) is 7.38. The molecule has 1 fully saturated rings. The molecule has 2 N–H and O–H groups in total. The number of nitrogens with two attached hydrogens (primary N) is 1. The van der Waals surface area contributed by atoms with Crippen LogP contribution in [0.5, 0.6) is 0 Å². The van der Waals surface area contributed by atoms with Crippen LogP contribution in [-0.4, -0.2) is 32.6 Å². The molecule has 0 aliphatic carbocycles. The zero-order valence-corrected chi connectivity index (χ0v) is 9.13. The minimum Gasteiger partial charge on any atom is -0.398 e. The van der Waals surface area contributed by atoms with Crippen LogP contribution in [0.4, 0.5) is 5.69 Å². The van der Waals surface area contributed by atoms with Crippen molar-refractivity contribution in [2.24, 2.45) is 0 Å². The number of pyridine rings is 1. The predicted octanol–water partition coefficient (Wildman–Crippen LogP) is 0.907. The van der Waals surface area contributed by atoms with Gasteiger partial charge in [0.15, 0.2) is 11.5 Å². The molecule has 0 radical (unpaired) electrons. The smallest absolute Gasteiger partial charge is 0.160 e. The van der Waals surface area contributed by atoms with Crippen LogP contribution in [-0.2, 0) is 6.54 Å². The Morgan fingerprint density at radius 2 is 2.00 bits per heavy atom. The molecule has 3 rings (SSSR count). The fraction of sp³-hybridized carbons (Fsp3) is 0.455. The van der Waals surface area contributed by atoms with Gasteiger partial charge < -0.3 is 5.73 Å². The molecular formula is C11H15N5. The second kappa shape index (κ2) is 3.75. The molecule has 0 spiro atoms. The molecule has 1 aliphatic heterocycles. The number of aromatic nitrogens is 3. The Bertz CT molecular complexity index is 498. The van der Waals surface area contributed by atoms with Crippen molar-refractivity contribution < 1.29 is 0 Å². The van der Waals surface area contributed by atoms with Crippen LogP contribution in [0.1, 0.15) is 18.7 Å². The summed E-state index contributed by atoms with van der Waals surface area (Å²) in [6.45, 7) is 3.19. The quantitative estimate of drug-likeness (QED) is 0.812. The molecule has 0 unspecified atom stereocenters. The Morgan fingerprint density at radius 1 is 1.19 bits per heavy atom. The fourth-order valence-corrected chi connectivity index (χ4v) is 2.20. The van der Waals surface area contributed by atoms with Crippen molar-refractivity contribution >= 4 is 11.3 Å². The molecule has 0 aromatic carbocycles. The molecule has 1 aliphatic rings. The minimum atomic E-state index is 0.745. The van der Waals surface area contributed by atoms with Gasteiger partial charge in [-0.25, -0.2) is 0 Å². The van der Waals surface area contributed by atoms with E-state index in [1.807, 2.05) is 22.7 Å². The third-order valence-electron chi connectivity index (χ3n) is 3.06. The zero-order valence-electron chi connectivity index (χ0n) is 9.13. The van der Waals surface area contributed by atoms with Gasteiger partial charge in [0.2, 0.25) is 0 Å². The Balaban J connectivity index is 1.93. The topological polar surface area (TPSA) is 59.5 Å². The summed E-state index contributed by atoms with van der Waals surface area (Å²) in [6.07, 6.45) is 4.47. The van der Waals surface area contributed by atoms with Gasteiger partial charge in [0.1, 0.15) is 0 Å². The largest absolute Gasteiger partial charge is 0.398 e. The maximum Gasteiger partial charge on any atom is 0.160 e. The van der Waals surface area contributed by atoms with E-state index in [1.165, 1.54) is 12.8 Å². The van der Waals surface area contributed by atoms with E-state index in [0.29, 0.717) is 0 Å². The molecular weight excluding hydrogens is 202 g/mol. The maximum absolute atomic E-state index is 5.77. The van der Waals surface area contributed by atoms with Crippen LogP contribution in [0.25, 0.3) is 5.65 Å².